The van der Waals surface area contributed by atoms with E-state index in [2.05, 4.69) is 13.0 Å². The summed E-state index contributed by atoms with van der Waals surface area (Å²) in [4.78, 5) is 0. The Labute approximate surface area is 133 Å². The van der Waals surface area contributed by atoms with E-state index in [1.807, 2.05) is 0 Å². The van der Waals surface area contributed by atoms with Crippen molar-refractivity contribution in [1.82, 2.24) is 0 Å². The summed E-state index contributed by atoms with van der Waals surface area (Å²) in [7, 11) is 0. The maximum atomic E-state index is 10.5. The fraction of sp³-hybridized carbons (Fsp3) is 0.895. The fourth-order valence-corrected chi connectivity index (χ4v) is 6.89. The van der Waals surface area contributed by atoms with Gasteiger partial charge in [-0.3, -0.25) is 0 Å². The van der Waals surface area contributed by atoms with Gasteiger partial charge in [-0.25, -0.2) is 0 Å². The van der Waals surface area contributed by atoms with Gasteiger partial charge in [0.1, 0.15) is 0 Å². The van der Waals surface area contributed by atoms with Gasteiger partial charge in [-0.2, -0.15) is 0 Å². The molecule has 0 amide bonds. The van der Waals surface area contributed by atoms with E-state index >= 15 is 0 Å². The lowest BCUT2D eigenvalue weighted by atomic mass is 9.46. The van der Waals surface area contributed by atoms with Gasteiger partial charge in [0.15, 0.2) is 6.29 Å². The molecule has 0 aromatic heterocycles. The smallest absolute Gasteiger partial charge is 0.161 e. The monoisotopic (exact) mass is 306 g/mol. The van der Waals surface area contributed by atoms with Crippen LogP contribution in [0.4, 0.5) is 0 Å². The van der Waals surface area contributed by atoms with Crippen LogP contribution in [-0.2, 0) is 0 Å². The van der Waals surface area contributed by atoms with Crippen molar-refractivity contribution in [1.29, 1.82) is 0 Å². The summed E-state index contributed by atoms with van der Waals surface area (Å²) in [5.74, 6) is 1.53. The van der Waals surface area contributed by atoms with Gasteiger partial charge in [-0.05, 0) is 81.0 Å². The zero-order valence-corrected chi connectivity index (χ0v) is 13.7. The lowest BCUT2D eigenvalue weighted by molar-refractivity contribution is -0.186. The highest BCUT2D eigenvalue weighted by Gasteiger charge is 2.61. The Bertz CT molecular complexity index is 485. The number of aliphatic hydroxyl groups excluding tert-OH is 2. The first-order valence-electron chi connectivity index (χ1n) is 9.24. The van der Waals surface area contributed by atoms with E-state index < -0.39 is 6.29 Å². The average molecular weight is 306 g/mol. The van der Waals surface area contributed by atoms with E-state index in [1.54, 1.807) is 0 Å². The number of hydrogen-bond acceptors (Lipinski definition) is 3. The zero-order chi connectivity index (χ0) is 15.5. The molecule has 4 rings (SSSR count). The van der Waals surface area contributed by atoms with Crippen LogP contribution >= 0.6 is 0 Å². The molecular weight excluding hydrogens is 276 g/mol. The lowest BCUT2D eigenvalue weighted by Crippen LogP contribution is -2.55. The molecule has 0 bridgehead atoms. The van der Waals surface area contributed by atoms with Crippen molar-refractivity contribution >= 4 is 0 Å². The Morgan fingerprint density at radius 3 is 2.68 bits per heavy atom. The lowest BCUT2D eigenvalue weighted by Gasteiger charge is -2.59. The number of hydrogen-bond donors (Lipinski definition) is 3. The third kappa shape index (κ3) is 1.79. The molecule has 0 aliphatic heterocycles. The average Bonchev–Trinajstić information content (AvgIpc) is 2.82. The predicted octanol–water partition coefficient (Wildman–Crippen LogP) is 2.99. The molecule has 0 heterocycles. The summed E-state index contributed by atoms with van der Waals surface area (Å²) in [5.41, 5.74) is 1.02. The zero-order valence-electron chi connectivity index (χ0n) is 13.7. The van der Waals surface area contributed by atoms with Crippen LogP contribution in [0.25, 0.3) is 0 Å². The Balaban J connectivity index is 1.73. The van der Waals surface area contributed by atoms with E-state index in [4.69, 9.17) is 0 Å². The van der Waals surface area contributed by atoms with Crippen molar-refractivity contribution in [2.75, 3.05) is 0 Å². The minimum Gasteiger partial charge on any atom is -0.393 e. The Hall–Kier alpha value is -0.380. The van der Waals surface area contributed by atoms with Crippen LogP contribution in [-0.4, -0.2) is 27.7 Å². The second-order valence-electron chi connectivity index (χ2n) is 8.59. The number of rotatable bonds is 1. The first-order chi connectivity index (χ1) is 10.5. The molecule has 3 fully saturated rings. The second kappa shape index (κ2) is 5.06. The van der Waals surface area contributed by atoms with Crippen LogP contribution in [0.1, 0.15) is 64.7 Å². The molecule has 0 spiro atoms. The Morgan fingerprint density at radius 2 is 1.91 bits per heavy atom. The van der Waals surface area contributed by atoms with Gasteiger partial charge in [0, 0.05) is 5.41 Å². The van der Waals surface area contributed by atoms with Crippen LogP contribution in [0.5, 0.6) is 0 Å². The van der Waals surface area contributed by atoms with E-state index in [1.165, 1.54) is 12.0 Å². The summed E-state index contributed by atoms with van der Waals surface area (Å²) in [6.07, 6.45) is 10.4. The summed E-state index contributed by atoms with van der Waals surface area (Å²) < 4.78 is 0. The molecule has 3 saturated carbocycles. The van der Waals surface area contributed by atoms with Crippen LogP contribution in [0.15, 0.2) is 11.6 Å². The van der Waals surface area contributed by atoms with Crippen molar-refractivity contribution in [2.45, 2.75) is 77.1 Å². The van der Waals surface area contributed by atoms with Gasteiger partial charge < -0.3 is 15.3 Å². The third-order valence-corrected chi connectivity index (χ3v) is 8.04. The van der Waals surface area contributed by atoms with Gasteiger partial charge in [-0.15, -0.1) is 0 Å². The van der Waals surface area contributed by atoms with Crippen molar-refractivity contribution in [3.63, 3.8) is 0 Å². The molecule has 124 valence electrons. The van der Waals surface area contributed by atoms with Crippen molar-refractivity contribution in [2.24, 2.45) is 28.6 Å². The van der Waals surface area contributed by atoms with Crippen molar-refractivity contribution in [3.05, 3.63) is 11.6 Å². The van der Waals surface area contributed by atoms with Crippen LogP contribution < -0.4 is 0 Å². The molecular formula is C19H30O3. The highest BCUT2D eigenvalue weighted by molar-refractivity contribution is 5.26. The molecule has 6 atom stereocenters. The highest BCUT2D eigenvalue weighted by atomic mass is 16.5. The van der Waals surface area contributed by atoms with Gasteiger partial charge in [-0.1, -0.05) is 18.6 Å². The van der Waals surface area contributed by atoms with Crippen molar-refractivity contribution in [3.8, 4) is 0 Å². The number of fused-ring (bicyclic) bond motifs is 5. The minimum atomic E-state index is -1.22. The molecule has 0 radical (unpaired) electrons. The maximum Gasteiger partial charge on any atom is 0.161 e. The molecule has 22 heavy (non-hydrogen) atoms. The van der Waals surface area contributed by atoms with Gasteiger partial charge in [0.2, 0.25) is 0 Å². The van der Waals surface area contributed by atoms with Gasteiger partial charge in [0.05, 0.1) is 6.10 Å². The Morgan fingerprint density at radius 1 is 1.09 bits per heavy atom. The summed E-state index contributed by atoms with van der Waals surface area (Å²) in [5, 5.41) is 31.1. The summed E-state index contributed by atoms with van der Waals surface area (Å²) in [6.45, 7) is 2.28. The van der Waals surface area contributed by atoms with Crippen LogP contribution in [0, 0.1) is 28.6 Å². The molecule has 4 aliphatic carbocycles. The van der Waals surface area contributed by atoms with Crippen LogP contribution in [0.2, 0.25) is 0 Å². The van der Waals surface area contributed by atoms with E-state index in [0.717, 1.165) is 51.4 Å². The molecule has 4 aliphatic rings. The molecule has 3 nitrogen and oxygen atoms in total. The minimum absolute atomic E-state index is 0.0681. The van der Waals surface area contributed by atoms with Crippen LogP contribution in [0.3, 0.4) is 0 Å². The van der Waals surface area contributed by atoms with E-state index in [-0.39, 0.29) is 16.9 Å². The molecule has 3 N–H and O–H groups in total. The normalized spacial score (nSPS) is 51.0. The number of allylic oxidation sites excluding steroid dienone is 1. The number of aliphatic hydroxyl groups is 3. The Kier molecular flexibility index (Phi) is 3.49. The highest BCUT2D eigenvalue weighted by Crippen LogP contribution is 2.66. The van der Waals surface area contributed by atoms with Gasteiger partial charge >= 0.3 is 0 Å². The third-order valence-electron chi connectivity index (χ3n) is 8.04. The summed E-state index contributed by atoms with van der Waals surface area (Å²) >= 11 is 0. The molecule has 0 aromatic rings. The van der Waals surface area contributed by atoms with E-state index in [0.29, 0.717) is 17.8 Å². The predicted molar refractivity (Wildman–Crippen MR) is 84.9 cm³/mol. The standard InChI is InChI=1S/C19H30O3/c1-18-11-9-15-13(14(18)7-8-16(18)20)6-5-12-4-2-3-10-19(12,15)17(21)22/h4,13-17,20-22H,2-3,5-11H2,1H3/t13-,14-,15-,16?,18-,19+/m0/s1. The van der Waals surface area contributed by atoms with Gasteiger partial charge in [0.25, 0.3) is 0 Å². The topological polar surface area (TPSA) is 60.7 Å². The largest absolute Gasteiger partial charge is 0.393 e. The molecule has 0 saturated heterocycles. The van der Waals surface area contributed by atoms with E-state index in [9.17, 15) is 15.3 Å². The SMILES string of the molecule is C[C@]12CC[C@H]3[C@@H](CCC4=CCCC[C@@]43C(O)O)[C@@H]1CCC2O. The van der Waals surface area contributed by atoms with Crippen molar-refractivity contribution < 1.29 is 15.3 Å². The first-order valence-corrected chi connectivity index (χ1v) is 9.24. The first kappa shape index (κ1) is 15.2. The second-order valence-corrected chi connectivity index (χ2v) is 8.59. The maximum absolute atomic E-state index is 10.5. The fourth-order valence-electron chi connectivity index (χ4n) is 6.89. The molecule has 3 heteroatoms. The summed E-state index contributed by atoms with van der Waals surface area (Å²) in [6, 6.07) is 0. The molecule has 1 unspecified atom stereocenters. The quantitative estimate of drug-likeness (QED) is 0.515. The molecule has 0 aromatic carbocycles.